The Bertz CT molecular complexity index is 892. The fourth-order valence-electron chi connectivity index (χ4n) is 4.85. The highest BCUT2D eigenvalue weighted by molar-refractivity contribution is 5.74. The highest BCUT2D eigenvalue weighted by Gasteiger charge is 2.27. The molecule has 0 amide bonds. The summed E-state index contributed by atoms with van der Waals surface area (Å²) in [5.74, 6) is 1.03. The van der Waals surface area contributed by atoms with Crippen LogP contribution >= 0.6 is 0 Å². The zero-order valence-corrected chi connectivity index (χ0v) is 16.3. The third-order valence-electron chi connectivity index (χ3n) is 6.36. The highest BCUT2D eigenvalue weighted by Crippen LogP contribution is 2.30. The van der Waals surface area contributed by atoms with E-state index >= 15 is 0 Å². The van der Waals surface area contributed by atoms with Crippen LogP contribution in [0.4, 0.5) is 0 Å². The van der Waals surface area contributed by atoms with E-state index < -0.39 is 0 Å². The molecule has 2 aliphatic carbocycles. The Kier molecular flexibility index (Phi) is 5.10. The number of aryl methyl sites for hydroxylation is 1. The number of para-hydroxylation sites is 2. The lowest BCUT2D eigenvalue weighted by Crippen LogP contribution is -2.42. The Morgan fingerprint density at radius 1 is 0.964 bits per heavy atom. The summed E-state index contributed by atoms with van der Waals surface area (Å²) in [5, 5.41) is 7.62. The van der Waals surface area contributed by atoms with Crippen molar-refractivity contribution in [1.82, 2.24) is 25.6 Å². The summed E-state index contributed by atoms with van der Waals surface area (Å²) in [6, 6.07) is 14.2. The van der Waals surface area contributed by atoms with E-state index in [1.54, 1.807) is 0 Å². The molecule has 3 N–H and O–H groups in total. The van der Waals surface area contributed by atoms with Gasteiger partial charge in [-0.15, -0.1) is 0 Å². The molecule has 0 bridgehead atoms. The molecular formula is C23H29N5. The number of hydrogen-bond acceptors (Lipinski definition) is 4. The maximum atomic E-state index is 4.68. The van der Waals surface area contributed by atoms with Crippen molar-refractivity contribution in [2.75, 3.05) is 0 Å². The monoisotopic (exact) mass is 375 g/mol. The zero-order chi connectivity index (χ0) is 18.8. The van der Waals surface area contributed by atoms with Gasteiger partial charge in [0.2, 0.25) is 0 Å². The SMILES string of the molecule is c1cnc2c(c1)CCCC2N[C@H]1CC[C@H](NCc2nc3ccccc3[nH]2)CC1. The molecule has 2 heterocycles. The molecule has 0 radical (unpaired) electrons. The number of imidazole rings is 1. The predicted molar refractivity (Wildman–Crippen MR) is 112 cm³/mol. The molecule has 2 aliphatic rings. The second kappa shape index (κ2) is 8.02. The Labute approximate surface area is 166 Å². The fraction of sp³-hybridized carbons (Fsp3) is 0.478. The minimum atomic E-state index is 0.440. The fourth-order valence-corrected chi connectivity index (χ4v) is 4.85. The van der Waals surface area contributed by atoms with Crippen LogP contribution in [-0.4, -0.2) is 27.0 Å². The van der Waals surface area contributed by atoms with Crippen LogP contribution in [0.3, 0.4) is 0 Å². The van der Waals surface area contributed by atoms with E-state index in [0.717, 1.165) is 23.4 Å². The standard InChI is InChI=1S/C23H29N5/c1-2-8-20-19(7-1)27-22(28-20)15-25-17-10-12-18(13-11-17)26-21-9-3-5-16-6-4-14-24-23(16)21/h1-2,4,6-8,14,17-18,21,25-26H,3,5,9-13,15H2,(H,27,28)/t17-,18-,21?. The first-order valence-electron chi connectivity index (χ1n) is 10.7. The van der Waals surface area contributed by atoms with Crippen LogP contribution in [0.2, 0.25) is 0 Å². The van der Waals surface area contributed by atoms with Crippen LogP contribution in [0, 0.1) is 0 Å². The number of benzene rings is 1. The van der Waals surface area contributed by atoms with Crippen molar-refractivity contribution in [3.8, 4) is 0 Å². The molecule has 2 aromatic heterocycles. The molecule has 0 spiro atoms. The van der Waals surface area contributed by atoms with Crippen molar-refractivity contribution < 1.29 is 0 Å². The molecule has 1 aromatic carbocycles. The van der Waals surface area contributed by atoms with Crippen molar-refractivity contribution in [3.63, 3.8) is 0 Å². The smallest absolute Gasteiger partial charge is 0.121 e. The normalized spacial score (nSPS) is 24.9. The third kappa shape index (κ3) is 3.82. The Morgan fingerprint density at radius 2 is 1.82 bits per heavy atom. The third-order valence-corrected chi connectivity index (χ3v) is 6.36. The van der Waals surface area contributed by atoms with Crippen molar-refractivity contribution >= 4 is 11.0 Å². The molecule has 28 heavy (non-hydrogen) atoms. The topological polar surface area (TPSA) is 65.6 Å². The average molecular weight is 376 g/mol. The van der Waals surface area contributed by atoms with Crippen LogP contribution in [0.15, 0.2) is 42.6 Å². The van der Waals surface area contributed by atoms with Crippen LogP contribution in [-0.2, 0) is 13.0 Å². The van der Waals surface area contributed by atoms with Gasteiger partial charge in [0.15, 0.2) is 0 Å². The molecule has 0 saturated heterocycles. The summed E-state index contributed by atoms with van der Waals surface area (Å²) in [7, 11) is 0. The number of rotatable bonds is 5. The molecule has 1 atom stereocenters. The van der Waals surface area contributed by atoms with Gasteiger partial charge in [-0.1, -0.05) is 18.2 Å². The minimum absolute atomic E-state index is 0.440. The second-order valence-corrected chi connectivity index (χ2v) is 8.29. The largest absolute Gasteiger partial charge is 0.341 e. The van der Waals surface area contributed by atoms with Gasteiger partial charge >= 0.3 is 0 Å². The summed E-state index contributed by atoms with van der Waals surface area (Å²) < 4.78 is 0. The first-order chi connectivity index (χ1) is 13.8. The van der Waals surface area contributed by atoms with E-state index in [0.29, 0.717) is 18.1 Å². The van der Waals surface area contributed by atoms with Gasteiger partial charge < -0.3 is 15.6 Å². The number of aromatic nitrogens is 3. The summed E-state index contributed by atoms with van der Waals surface area (Å²) in [6.45, 7) is 0.817. The Balaban J connectivity index is 1.12. The number of nitrogens with zero attached hydrogens (tertiary/aromatic N) is 2. The number of pyridine rings is 1. The number of nitrogens with one attached hydrogen (secondary N) is 3. The van der Waals surface area contributed by atoms with Crippen LogP contribution in [0.25, 0.3) is 11.0 Å². The Hall–Kier alpha value is -2.24. The van der Waals surface area contributed by atoms with Gasteiger partial charge in [-0.3, -0.25) is 4.98 Å². The quantitative estimate of drug-likeness (QED) is 0.630. The van der Waals surface area contributed by atoms with Gasteiger partial charge in [0.05, 0.1) is 23.3 Å². The first-order valence-corrected chi connectivity index (χ1v) is 10.7. The van der Waals surface area contributed by atoms with Crippen molar-refractivity contribution in [2.45, 2.75) is 69.6 Å². The lowest BCUT2D eigenvalue weighted by Gasteiger charge is -2.34. The second-order valence-electron chi connectivity index (χ2n) is 8.29. The van der Waals surface area contributed by atoms with Gasteiger partial charge in [-0.25, -0.2) is 4.98 Å². The molecule has 5 heteroatoms. The molecule has 1 fully saturated rings. The molecule has 5 nitrogen and oxygen atoms in total. The summed E-state index contributed by atoms with van der Waals surface area (Å²) in [4.78, 5) is 12.8. The first kappa shape index (κ1) is 17.8. The summed E-state index contributed by atoms with van der Waals surface area (Å²) in [5.41, 5.74) is 4.90. The van der Waals surface area contributed by atoms with Crippen LogP contribution < -0.4 is 10.6 Å². The van der Waals surface area contributed by atoms with Crippen LogP contribution in [0.5, 0.6) is 0 Å². The van der Waals surface area contributed by atoms with Crippen LogP contribution in [0.1, 0.15) is 61.6 Å². The van der Waals surface area contributed by atoms with Gasteiger partial charge in [0.1, 0.15) is 5.82 Å². The van der Waals surface area contributed by atoms with Gasteiger partial charge in [-0.05, 0) is 68.7 Å². The number of fused-ring (bicyclic) bond motifs is 2. The lowest BCUT2D eigenvalue weighted by atomic mass is 9.87. The van der Waals surface area contributed by atoms with Crippen molar-refractivity contribution in [2.24, 2.45) is 0 Å². The molecule has 0 aliphatic heterocycles. The van der Waals surface area contributed by atoms with E-state index in [1.807, 2.05) is 18.3 Å². The van der Waals surface area contributed by atoms with Gasteiger partial charge in [0.25, 0.3) is 0 Å². The zero-order valence-electron chi connectivity index (χ0n) is 16.3. The highest BCUT2D eigenvalue weighted by atomic mass is 15.0. The van der Waals surface area contributed by atoms with E-state index in [2.05, 4.69) is 49.9 Å². The average Bonchev–Trinajstić information content (AvgIpc) is 3.17. The van der Waals surface area contributed by atoms with Gasteiger partial charge in [-0.2, -0.15) is 0 Å². The molecule has 146 valence electrons. The lowest BCUT2D eigenvalue weighted by molar-refractivity contribution is 0.276. The van der Waals surface area contributed by atoms with E-state index in [-0.39, 0.29) is 0 Å². The minimum Gasteiger partial charge on any atom is -0.341 e. The molecule has 5 rings (SSSR count). The summed E-state index contributed by atoms with van der Waals surface area (Å²) >= 11 is 0. The molecule has 3 aromatic rings. The maximum Gasteiger partial charge on any atom is 0.121 e. The molecule has 1 unspecified atom stereocenters. The number of aromatic amines is 1. The predicted octanol–water partition coefficient (Wildman–Crippen LogP) is 4.03. The molecule has 1 saturated carbocycles. The van der Waals surface area contributed by atoms with E-state index in [4.69, 9.17) is 0 Å². The number of hydrogen-bond donors (Lipinski definition) is 3. The Morgan fingerprint density at radius 3 is 2.71 bits per heavy atom. The van der Waals surface area contributed by atoms with Gasteiger partial charge in [0, 0.05) is 24.3 Å². The maximum absolute atomic E-state index is 4.68. The van der Waals surface area contributed by atoms with E-state index in [1.165, 1.54) is 56.2 Å². The van der Waals surface area contributed by atoms with Crippen molar-refractivity contribution in [1.29, 1.82) is 0 Å². The molecular weight excluding hydrogens is 346 g/mol. The number of H-pyrrole nitrogens is 1. The summed E-state index contributed by atoms with van der Waals surface area (Å²) in [6.07, 6.45) is 10.5. The van der Waals surface area contributed by atoms with Crippen molar-refractivity contribution in [3.05, 3.63) is 59.7 Å². The van der Waals surface area contributed by atoms with E-state index in [9.17, 15) is 0 Å².